The summed E-state index contributed by atoms with van der Waals surface area (Å²) in [7, 11) is 0. The fraction of sp³-hybridized carbons (Fsp3) is 0.350. The highest BCUT2D eigenvalue weighted by molar-refractivity contribution is 14.0. The number of aryl methyl sites for hydroxylation is 1. The van der Waals surface area contributed by atoms with E-state index in [4.69, 9.17) is 0 Å². The van der Waals surface area contributed by atoms with Gasteiger partial charge in [-0.2, -0.15) is 8.78 Å². The number of aliphatic imine (C=N–C) groups is 1. The SMILES string of the molecule is CCNC(=NCc1cc(C)ccc1OC(F)F)NCCNC(=O)c1cccnc1.I. The summed E-state index contributed by atoms with van der Waals surface area (Å²) < 4.78 is 29.7. The van der Waals surface area contributed by atoms with Gasteiger partial charge in [0.2, 0.25) is 0 Å². The van der Waals surface area contributed by atoms with E-state index in [9.17, 15) is 13.6 Å². The number of rotatable bonds is 9. The molecule has 1 amide bonds. The molecule has 0 saturated heterocycles. The number of alkyl halides is 2. The van der Waals surface area contributed by atoms with Crippen molar-refractivity contribution in [1.29, 1.82) is 0 Å². The molecule has 164 valence electrons. The van der Waals surface area contributed by atoms with E-state index in [2.05, 4.69) is 30.7 Å². The number of carbonyl (C=O) groups excluding carboxylic acids is 1. The molecule has 7 nitrogen and oxygen atoms in total. The molecule has 2 rings (SSSR count). The van der Waals surface area contributed by atoms with Crippen LogP contribution in [0.5, 0.6) is 5.75 Å². The minimum atomic E-state index is -2.89. The van der Waals surface area contributed by atoms with Gasteiger partial charge in [0.25, 0.3) is 5.91 Å². The zero-order valence-corrected chi connectivity index (χ0v) is 19.2. The molecule has 30 heavy (non-hydrogen) atoms. The lowest BCUT2D eigenvalue weighted by Crippen LogP contribution is -2.41. The Kier molecular flexibility index (Phi) is 11.6. The van der Waals surface area contributed by atoms with Crippen molar-refractivity contribution in [3.05, 3.63) is 59.4 Å². The summed E-state index contributed by atoms with van der Waals surface area (Å²) in [5, 5.41) is 8.95. The summed E-state index contributed by atoms with van der Waals surface area (Å²) in [5.74, 6) is 0.400. The second-order valence-corrected chi connectivity index (χ2v) is 6.11. The third-order valence-electron chi connectivity index (χ3n) is 3.81. The van der Waals surface area contributed by atoms with E-state index < -0.39 is 6.61 Å². The highest BCUT2D eigenvalue weighted by Crippen LogP contribution is 2.22. The summed E-state index contributed by atoms with van der Waals surface area (Å²) >= 11 is 0. The summed E-state index contributed by atoms with van der Waals surface area (Å²) in [4.78, 5) is 20.3. The number of guanidine groups is 1. The Balaban J connectivity index is 0.00000450. The number of amides is 1. The van der Waals surface area contributed by atoms with Crippen LogP contribution < -0.4 is 20.7 Å². The molecule has 0 spiro atoms. The molecule has 2 aromatic rings. The molecule has 0 saturated carbocycles. The number of benzene rings is 1. The van der Waals surface area contributed by atoms with Gasteiger partial charge < -0.3 is 20.7 Å². The third-order valence-corrected chi connectivity index (χ3v) is 3.81. The van der Waals surface area contributed by atoms with Crippen LogP contribution in [0.15, 0.2) is 47.7 Å². The average Bonchev–Trinajstić information content (AvgIpc) is 2.71. The Morgan fingerprint density at radius 1 is 1.20 bits per heavy atom. The van der Waals surface area contributed by atoms with Crippen LogP contribution in [-0.2, 0) is 6.54 Å². The van der Waals surface area contributed by atoms with Crippen molar-refractivity contribution in [2.45, 2.75) is 27.0 Å². The first-order chi connectivity index (χ1) is 14.0. The number of halogens is 3. The first-order valence-electron chi connectivity index (χ1n) is 9.24. The molecule has 1 heterocycles. The summed E-state index contributed by atoms with van der Waals surface area (Å²) in [6.45, 7) is 2.50. The van der Waals surface area contributed by atoms with E-state index in [1.54, 1.807) is 30.5 Å². The molecule has 10 heteroatoms. The number of pyridine rings is 1. The predicted molar refractivity (Wildman–Crippen MR) is 123 cm³/mol. The Labute approximate surface area is 191 Å². The number of ether oxygens (including phenoxy) is 1. The maximum atomic E-state index is 12.6. The molecule has 0 unspecified atom stereocenters. The molecule has 1 aromatic heterocycles. The number of hydrogen-bond acceptors (Lipinski definition) is 4. The molecule has 0 bridgehead atoms. The Morgan fingerprint density at radius 3 is 2.63 bits per heavy atom. The van der Waals surface area contributed by atoms with Crippen LogP contribution in [0.2, 0.25) is 0 Å². The van der Waals surface area contributed by atoms with E-state index in [1.807, 2.05) is 13.8 Å². The molecular weight excluding hydrogens is 507 g/mol. The van der Waals surface area contributed by atoms with Gasteiger partial charge >= 0.3 is 6.61 Å². The number of nitrogens with one attached hydrogen (secondary N) is 3. The van der Waals surface area contributed by atoms with Crippen molar-refractivity contribution < 1.29 is 18.3 Å². The molecule has 0 radical (unpaired) electrons. The monoisotopic (exact) mass is 533 g/mol. The zero-order valence-electron chi connectivity index (χ0n) is 16.8. The van der Waals surface area contributed by atoms with Crippen molar-refractivity contribution in [2.75, 3.05) is 19.6 Å². The van der Waals surface area contributed by atoms with E-state index in [0.29, 0.717) is 36.7 Å². The van der Waals surface area contributed by atoms with Gasteiger partial charge in [0.05, 0.1) is 12.1 Å². The second-order valence-electron chi connectivity index (χ2n) is 6.11. The van der Waals surface area contributed by atoms with Crippen molar-refractivity contribution in [2.24, 2.45) is 4.99 Å². The topological polar surface area (TPSA) is 87.6 Å². The first kappa shape index (κ1) is 25.5. The van der Waals surface area contributed by atoms with Crippen molar-refractivity contribution in [1.82, 2.24) is 20.9 Å². The molecular formula is C20H26F2IN5O2. The van der Waals surface area contributed by atoms with Crippen LogP contribution in [-0.4, -0.2) is 43.1 Å². The summed E-state index contributed by atoms with van der Waals surface area (Å²) in [6.07, 6.45) is 3.10. The van der Waals surface area contributed by atoms with E-state index >= 15 is 0 Å². The van der Waals surface area contributed by atoms with E-state index in [1.165, 1.54) is 12.3 Å². The Morgan fingerprint density at radius 2 is 1.97 bits per heavy atom. The molecule has 0 aliphatic rings. The summed E-state index contributed by atoms with van der Waals surface area (Å²) in [5.41, 5.74) is 1.97. The molecule has 3 N–H and O–H groups in total. The van der Waals surface area contributed by atoms with Crippen LogP contribution >= 0.6 is 24.0 Å². The normalized spacial score (nSPS) is 10.9. The van der Waals surface area contributed by atoms with Gasteiger partial charge in [0, 0.05) is 37.6 Å². The standard InChI is InChI=1S/C20H25F2N5O2.HI/c1-3-24-20(26-10-9-25-18(28)15-5-4-8-23-12-15)27-13-16-11-14(2)6-7-17(16)29-19(21)22;/h4-8,11-12,19H,3,9-10,13H2,1-2H3,(H,25,28)(H2,24,26,27);1H. The lowest BCUT2D eigenvalue weighted by molar-refractivity contribution is -0.0504. The smallest absolute Gasteiger partial charge is 0.387 e. The molecule has 0 aliphatic carbocycles. The predicted octanol–water partition coefficient (Wildman–Crippen LogP) is 3.09. The number of nitrogens with zero attached hydrogens (tertiary/aromatic N) is 2. The highest BCUT2D eigenvalue weighted by atomic mass is 127. The van der Waals surface area contributed by atoms with E-state index in [0.717, 1.165) is 5.56 Å². The lowest BCUT2D eigenvalue weighted by Gasteiger charge is -2.13. The lowest BCUT2D eigenvalue weighted by atomic mass is 10.1. The van der Waals surface area contributed by atoms with E-state index in [-0.39, 0.29) is 42.2 Å². The fourth-order valence-corrected chi connectivity index (χ4v) is 2.50. The van der Waals surface area contributed by atoms with Crippen LogP contribution in [0, 0.1) is 6.92 Å². The number of carbonyl (C=O) groups is 1. The maximum absolute atomic E-state index is 12.6. The molecule has 0 aliphatic heterocycles. The van der Waals surface area contributed by atoms with Gasteiger partial charge in [0.15, 0.2) is 5.96 Å². The second kappa shape index (κ2) is 13.7. The van der Waals surface area contributed by atoms with Gasteiger partial charge in [-0.25, -0.2) is 4.99 Å². The number of aromatic nitrogens is 1. The number of hydrogen-bond donors (Lipinski definition) is 3. The van der Waals surface area contributed by atoms with Crippen molar-refractivity contribution in [3.63, 3.8) is 0 Å². The van der Waals surface area contributed by atoms with Gasteiger partial charge in [0.1, 0.15) is 5.75 Å². The van der Waals surface area contributed by atoms with Crippen molar-refractivity contribution in [3.8, 4) is 5.75 Å². The largest absolute Gasteiger partial charge is 0.434 e. The fourth-order valence-electron chi connectivity index (χ4n) is 2.50. The van der Waals surface area contributed by atoms with Gasteiger partial charge in [-0.1, -0.05) is 17.7 Å². The van der Waals surface area contributed by atoms with Crippen molar-refractivity contribution >= 4 is 35.8 Å². The van der Waals surface area contributed by atoms with Gasteiger partial charge in [-0.15, -0.1) is 24.0 Å². The molecule has 0 fully saturated rings. The maximum Gasteiger partial charge on any atom is 0.387 e. The van der Waals surface area contributed by atoms with Crippen LogP contribution in [0.3, 0.4) is 0 Å². The first-order valence-corrected chi connectivity index (χ1v) is 9.24. The third kappa shape index (κ3) is 8.89. The molecule has 1 aromatic carbocycles. The minimum Gasteiger partial charge on any atom is -0.434 e. The quantitative estimate of drug-likeness (QED) is 0.200. The summed E-state index contributed by atoms with van der Waals surface area (Å²) in [6, 6.07) is 8.36. The zero-order chi connectivity index (χ0) is 21.1. The van der Waals surface area contributed by atoms with Crippen LogP contribution in [0.1, 0.15) is 28.4 Å². The van der Waals surface area contributed by atoms with Gasteiger partial charge in [-0.3, -0.25) is 9.78 Å². The van der Waals surface area contributed by atoms with Crippen LogP contribution in [0.4, 0.5) is 8.78 Å². The van der Waals surface area contributed by atoms with Crippen LogP contribution in [0.25, 0.3) is 0 Å². The average molecular weight is 533 g/mol. The highest BCUT2D eigenvalue weighted by Gasteiger charge is 2.10. The Bertz CT molecular complexity index is 822. The van der Waals surface area contributed by atoms with Gasteiger partial charge in [-0.05, 0) is 32.0 Å². The minimum absolute atomic E-state index is 0. The molecule has 0 atom stereocenters. The Hall–Kier alpha value is -2.50.